The first kappa shape index (κ1) is 16.1. The molecule has 7 heteroatoms. The van der Waals surface area contributed by atoms with E-state index in [2.05, 4.69) is 10.5 Å². The topological polar surface area (TPSA) is 72.3 Å². The summed E-state index contributed by atoms with van der Waals surface area (Å²) in [4.78, 5) is 0. The Hall–Kier alpha value is -2.44. The van der Waals surface area contributed by atoms with Crippen LogP contribution in [0.3, 0.4) is 0 Å². The first-order chi connectivity index (χ1) is 12.2. The summed E-state index contributed by atoms with van der Waals surface area (Å²) in [5, 5.41) is 15.2. The molecule has 0 bridgehead atoms. The predicted molar refractivity (Wildman–Crippen MR) is 93.4 cm³/mol. The molecule has 0 radical (unpaired) electrons. The summed E-state index contributed by atoms with van der Waals surface area (Å²) < 4.78 is 16.1. The molecule has 6 nitrogen and oxygen atoms in total. The molecule has 0 spiro atoms. The second kappa shape index (κ2) is 6.46. The molecule has 2 aliphatic rings. The summed E-state index contributed by atoms with van der Waals surface area (Å²) >= 11 is 6.24. The lowest BCUT2D eigenvalue weighted by Crippen LogP contribution is -2.17. The highest BCUT2D eigenvalue weighted by Crippen LogP contribution is 2.39. The van der Waals surface area contributed by atoms with Crippen LogP contribution in [-0.4, -0.2) is 24.7 Å². The van der Waals surface area contributed by atoms with Gasteiger partial charge in [0.25, 0.3) is 0 Å². The predicted octanol–water partition coefficient (Wildman–Crippen LogP) is 3.36. The van der Waals surface area contributed by atoms with E-state index in [1.165, 1.54) is 0 Å². The van der Waals surface area contributed by atoms with Gasteiger partial charge in [0.2, 0.25) is 0 Å². The number of hydrazone groups is 1. The summed E-state index contributed by atoms with van der Waals surface area (Å²) in [6, 6.07) is 8.83. The van der Waals surface area contributed by atoms with Crippen molar-refractivity contribution in [2.75, 3.05) is 13.9 Å². The van der Waals surface area contributed by atoms with Crippen molar-refractivity contribution >= 4 is 17.3 Å². The van der Waals surface area contributed by atoms with Gasteiger partial charge in [0.1, 0.15) is 17.2 Å². The zero-order chi connectivity index (χ0) is 17.4. The maximum atomic E-state index is 10.2. The van der Waals surface area contributed by atoms with Gasteiger partial charge in [-0.3, -0.25) is 0 Å². The second-order valence-electron chi connectivity index (χ2n) is 5.92. The molecule has 0 amide bonds. The fourth-order valence-corrected chi connectivity index (χ4v) is 3.39. The largest absolute Gasteiger partial charge is 0.507 e. The Kier molecular flexibility index (Phi) is 4.15. The second-order valence-corrected chi connectivity index (χ2v) is 6.36. The van der Waals surface area contributed by atoms with Gasteiger partial charge in [-0.15, -0.1) is 0 Å². The minimum Gasteiger partial charge on any atom is -0.507 e. The number of hydrogen-bond donors (Lipinski definition) is 2. The van der Waals surface area contributed by atoms with Crippen LogP contribution in [0.1, 0.15) is 29.2 Å². The van der Waals surface area contributed by atoms with Crippen molar-refractivity contribution < 1.29 is 19.3 Å². The number of aromatic hydroxyl groups is 1. The molecule has 130 valence electrons. The van der Waals surface area contributed by atoms with Gasteiger partial charge in [-0.2, -0.15) is 5.10 Å². The lowest BCUT2D eigenvalue weighted by Gasteiger charge is -2.23. The highest BCUT2D eigenvalue weighted by Gasteiger charge is 2.28. The normalized spacial score (nSPS) is 18.8. The lowest BCUT2D eigenvalue weighted by molar-refractivity contribution is -0.0173. The summed E-state index contributed by atoms with van der Waals surface area (Å²) in [6.45, 7) is 0.698. The van der Waals surface area contributed by atoms with E-state index < -0.39 is 0 Å². The van der Waals surface area contributed by atoms with Crippen molar-refractivity contribution in [2.24, 2.45) is 5.10 Å². The molecule has 0 aliphatic carbocycles. The average molecular weight is 361 g/mol. The maximum Gasteiger partial charge on any atom is 0.189 e. The molecule has 2 N–H and O–H groups in total. The van der Waals surface area contributed by atoms with E-state index in [0.717, 1.165) is 22.6 Å². The van der Waals surface area contributed by atoms with E-state index in [4.69, 9.17) is 25.8 Å². The van der Waals surface area contributed by atoms with Gasteiger partial charge in [-0.05, 0) is 24.3 Å². The summed E-state index contributed by atoms with van der Waals surface area (Å²) in [5.41, 5.74) is 6.44. The third-order valence-corrected chi connectivity index (χ3v) is 4.57. The zero-order valence-corrected chi connectivity index (χ0v) is 14.3. The van der Waals surface area contributed by atoms with E-state index in [9.17, 15) is 5.11 Å². The fourth-order valence-electron chi connectivity index (χ4n) is 3.14. The highest BCUT2D eigenvalue weighted by atomic mass is 35.5. The molecule has 0 saturated heterocycles. The quantitative estimate of drug-likeness (QED) is 0.878. The van der Waals surface area contributed by atoms with Crippen molar-refractivity contribution in [1.82, 2.24) is 5.43 Å². The maximum absolute atomic E-state index is 10.2. The Morgan fingerprint density at radius 1 is 1.32 bits per heavy atom. The molecule has 2 aliphatic heterocycles. The number of phenolic OH excluding ortho intramolecular Hbond substituents is 1. The van der Waals surface area contributed by atoms with Crippen LogP contribution in [-0.2, 0) is 11.3 Å². The number of methoxy groups -OCH3 is 1. The summed E-state index contributed by atoms with van der Waals surface area (Å²) in [6.07, 6.45) is 0.608. The number of hydrogen-bond acceptors (Lipinski definition) is 6. The van der Waals surface area contributed by atoms with Crippen molar-refractivity contribution in [3.05, 3.63) is 52.0 Å². The van der Waals surface area contributed by atoms with E-state index in [1.54, 1.807) is 25.3 Å². The van der Waals surface area contributed by atoms with E-state index in [-0.39, 0.29) is 18.6 Å². The number of fused-ring (bicyclic) bond motifs is 1. The lowest BCUT2D eigenvalue weighted by atomic mass is 9.96. The molecule has 2 heterocycles. The fraction of sp³-hybridized carbons (Fsp3) is 0.278. The molecular weight excluding hydrogens is 344 g/mol. The minimum atomic E-state index is -0.0814. The van der Waals surface area contributed by atoms with Crippen LogP contribution in [0.25, 0.3) is 0 Å². The van der Waals surface area contributed by atoms with Gasteiger partial charge in [-0.25, -0.2) is 0 Å². The Morgan fingerprint density at radius 3 is 3.00 bits per heavy atom. The number of ether oxygens (including phenoxy) is 3. The monoisotopic (exact) mass is 360 g/mol. The van der Waals surface area contributed by atoms with Crippen LogP contribution in [0.15, 0.2) is 35.4 Å². The average Bonchev–Trinajstić information content (AvgIpc) is 3.10. The number of halogens is 1. The van der Waals surface area contributed by atoms with Gasteiger partial charge in [0.15, 0.2) is 6.79 Å². The number of benzene rings is 2. The zero-order valence-electron chi connectivity index (χ0n) is 13.6. The first-order valence-electron chi connectivity index (χ1n) is 7.88. The van der Waals surface area contributed by atoms with Crippen molar-refractivity contribution in [3.63, 3.8) is 0 Å². The number of nitrogens with one attached hydrogen (secondary N) is 1. The van der Waals surface area contributed by atoms with Crippen LogP contribution in [0.5, 0.6) is 17.2 Å². The molecule has 4 rings (SSSR count). The minimum absolute atomic E-state index is 0.0814. The van der Waals surface area contributed by atoms with Gasteiger partial charge >= 0.3 is 0 Å². The highest BCUT2D eigenvalue weighted by molar-refractivity contribution is 6.30. The van der Waals surface area contributed by atoms with Crippen LogP contribution in [0.4, 0.5) is 0 Å². The summed E-state index contributed by atoms with van der Waals surface area (Å²) in [7, 11) is 1.56. The Bertz CT molecular complexity index is 853. The standard InChI is InChI=1S/C18H17ClN2O4/c1-23-12-2-3-13(17(22)6-12)15-7-16(21-20-15)14-5-11(19)4-10-8-24-9-25-18(10)14/h2-6,16,21-22H,7-9H2,1H3. The van der Waals surface area contributed by atoms with Crippen LogP contribution < -0.4 is 14.9 Å². The molecule has 0 saturated carbocycles. The molecule has 1 atom stereocenters. The molecule has 0 fully saturated rings. The molecule has 2 aromatic rings. The van der Waals surface area contributed by atoms with Gasteiger partial charge in [0, 0.05) is 34.2 Å². The van der Waals surface area contributed by atoms with E-state index >= 15 is 0 Å². The third-order valence-electron chi connectivity index (χ3n) is 4.35. The van der Waals surface area contributed by atoms with Crippen LogP contribution >= 0.6 is 11.6 Å². The Morgan fingerprint density at radius 2 is 2.20 bits per heavy atom. The molecular formula is C18H17ClN2O4. The molecule has 2 aromatic carbocycles. The third kappa shape index (κ3) is 2.99. The van der Waals surface area contributed by atoms with Gasteiger partial charge < -0.3 is 24.7 Å². The first-order valence-corrected chi connectivity index (χ1v) is 8.26. The smallest absolute Gasteiger partial charge is 0.189 e. The van der Waals surface area contributed by atoms with Gasteiger partial charge in [-0.1, -0.05) is 11.6 Å². The summed E-state index contributed by atoms with van der Waals surface area (Å²) in [5.74, 6) is 1.53. The van der Waals surface area contributed by atoms with Crippen molar-refractivity contribution in [3.8, 4) is 17.2 Å². The number of phenols is 1. The van der Waals surface area contributed by atoms with Crippen molar-refractivity contribution in [2.45, 2.75) is 19.1 Å². The number of nitrogens with zero attached hydrogens (tertiary/aromatic N) is 1. The molecule has 1 unspecified atom stereocenters. The SMILES string of the molecule is COc1ccc(C2=NNC(c3cc(Cl)cc4c3OCOC4)C2)c(O)c1. The Labute approximate surface area is 150 Å². The Balaban J connectivity index is 1.61. The number of rotatable bonds is 3. The van der Waals surface area contributed by atoms with Crippen molar-refractivity contribution in [1.29, 1.82) is 0 Å². The van der Waals surface area contributed by atoms with Crippen LogP contribution in [0.2, 0.25) is 5.02 Å². The van der Waals surface area contributed by atoms with Gasteiger partial charge in [0.05, 0.1) is 25.5 Å². The molecule has 0 aromatic heterocycles. The van der Waals surface area contributed by atoms with E-state index in [1.807, 2.05) is 12.1 Å². The van der Waals surface area contributed by atoms with Crippen LogP contribution in [0, 0.1) is 0 Å². The molecule has 25 heavy (non-hydrogen) atoms. The van der Waals surface area contributed by atoms with E-state index in [0.29, 0.717) is 29.4 Å².